The van der Waals surface area contributed by atoms with Gasteiger partial charge in [-0.25, -0.2) is 0 Å². The second kappa shape index (κ2) is 9.46. The number of nitrogens with zero attached hydrogens (tertiary/aromatic N) is 2. The fraction of sp³-hybridized carbons (Fsp3) is 0.300. The number of carbonyl (C=O) groups is 2. The van der Waals surface area contributed by atoms with Crippen LogP contribution < -0.4 is 15.0 Å². The van der Waals surface area contributed by atoms with Crippen molar-refractivity contribution in [1.82, 2.24) is 10.2 Å². The van der Waals surface area contributed by atoms with Gasteiger partial charge < -0.3 is 19.9 Å². The molecule has 6 heteroatoms. The maximum atomic E-state index is 12.4. The number of nitrogens with one attached hydrogen (secondary N) is 1. The van der Waals surface area contributed by atoms with Gasteiger partial charge >= 0.3 is 0 Å². The molecule has 0 radical (unpaired) electrons. The molecule has 2 rings (SSSR count). The summed E-state index contributed by atoms with van der Waals surface area (Å²) in [4.78, 5) is 27.7. The zero-order valence-electron chi connectivity index (χ0n) is 15.4. The Balaban J connectivity index is 1.97. The summed E-state index contributed by atoms with van der Waals surface area (Å²) in [7, 11) is 5.02. The first-order valence-corrected chi connectivity index (χ1v) is 8.39. The Kier molecular flexibility index (Phi) is 7.02. The summed E-state index contributed by atoms with van der Waals surface area (Å²) in [5, 5.41) is 2.89. The first kappa shape index (κ1) is 19.3. The Morgan fingerprint density at radius 2 is 1.62 bits per heavy atom. The van der Waals surface area contributed by atoms with Crippen LogP contribution in [0, 0.1) is 0 Å². The first-order chi connectivity index (χ1) is 12.5. The molecule has 2 aromatic carbocycles. The van der Waals surface area contributed by atoms with Crippen LogP contribution in [0.2, 0.25) is 0 Å². The summed E-state index contributed by atoms with van der Waals surface area (Å²) in [6.07, 6.45) is 0. The summed E-state index contributed by atoms with van der Waals surface area (Å²) in [5.74, 6) is 0.575. The molecule has 0 heterocycles. The highest BCUT2D eigenvalue weighted by molar-refractivity contribution is 5.86. The Morgan fingerprint density at radius 3 is 2.19 bits per heavy atom. The molecule has 0 unspecified atom stereocenters. The molecule has 0 fully saturated rings. The molecule has 0 aromatic heterocycles. The van der Waals surface area contributed by atoms with Gasteiger partial charge in [0, 0.05) is 26.3 Å². The molecule has 0 aliphatic rings. The smallest absolute Gasteiger partial charge is 0.241 e. The van der Waals surface area contributed by atoms with Crippen molar-refractivity contribution in [1.29, 1.82) is 0 Å². The maximum Gasteiger partial charge on any atom is 0.241 e. The molecule has 1 N–H and O–H groups in total. The number of benzene rings is 2. The van der Waals surface area contributed by atoms with Crippen molar-refractivity contribution in [2.75, 3.05) is 39.2 Å². The van der Waals surface area contributed by atoms with Gasteiger partial charge in [0.05, 0.1) is 20.2 Å². The van der Waals surface area contributed by atoms with Gasteiger partial charge in [-0.1, -0.05) is 30.3 Å². The van der Waals surface area contributed by atoms with E-state index in [2.05, 4.69) is 5.32 Å². The van der Waals surface area contributed by atoms with E-state index in [-0.39, 0.29) is 24.9 Å². The van der Waals surface area contributed by atoms with Gasteiger partial charge in [-0.15, -0.1) is 0 Å². The average molecular weight is 355 g/mol. The molecule has 0 atom stereocenters. The monoisotopic (exact) mass is 355 g/mol. The molecule has 138 valence electrons. The normalized spacial score (nSPS) is 10.1. The van der Waals surface area contributed by atoms with E-state index < -0.39 is 0 Å². The Labute approximate surface area is 154 Å². The Morgan fingerprint density at radius 1 is 0.962 bits per heavy atom. The van der Waals surface area contributed by atoms with E-state index in [1.807, 2.05) is 54.6 Å². The number of para-hydroxylation sites is 1. The second-order valence-electron chi connectivity index (χ2n) is 6.10. The minimum absolute atomic E-state index is 0.0585. The number of carbonyl (C=O) groups excluding carboxylic acids is 2. The molecular weight excluding hydrogens is 330 g/mol. The summed E-state index contributed by atoms with van der Waals surface area (Å²) >= 11 is 0. The van der Waals surface area contributed by atoms with Crippen molar-refractivity contribution in [3.8, 4) is 5.75 Å². The fourth-order valence-corrected chi connectivity index (χ4v) is 2.36. The first-order valence-electron chi connectivity index (χ1n) is 8.39. The van der Waals surface area contributed by atoms with E-state index >= 15 is 0 Å². The molecule has 0 aliphatic heterocycles. The van der Waals surface area contributed by atoms with Crippen LogP contribution in [-0.2, 0) is 16.1 Å². The van der Waals surface area contributed by atoms with Crippen molar-refractivity contribution >= 4 is 17.5 Å². The van der Waals surface area contributed by atoms with Crippen LogP contribution in [0.15, 0.2) is 54.6 Å². The van der Waals surface area contributed by atoms with E-state index in [1.165, 1.54) is 4.90 Å². The van der Waals surface area contributed by atoms with E-state index in [0.29, 0.717) is 6.54 Å². The molecule has 0 saturated carbocycles. The van der Waals surface area contributed by atoms with Gasteiger partial charge in [0.15, 0.2) is 0 Å². The number of hydrogen-bond donors (Lipinski definition) is 1. The van der Waals surface area contributed by atoms with Gasteiger partial charge in [-0.05, 0) is 29.8 Å². The number of rotatable bonds is 8. The lowest BCUT2D eigenvalue weighted by Crippen LogP contribution is -2.42. The average Bonchev–Trinajstić information content (AvgIpc) is 2.66. The van der Waals surface area contributed by atoms with Gasteiger partial charge in [0.25, 0.3) is 0 Å². The highest BCUT2D eigenvalue weighted by Crippen LogP contribution is 2.13. The molecule has 2 amide bonds. The third kappa shape index (κ3) is 5.81. The van der Waals surface area contributed by atoms with Crippen molar-refractivity contribution < 1.29 is 14.3 Å². The van der Waals surface area contributed by atoms with E-state index in [4.69, 9.17) is 4.74 Å². The Bertz CT molecular complexity index is 715. The summed E-state index contributed by atoms with van der Waals surface area (Å²) < 4.78 is 5.12. The van der Waals surface area contributed by atoms with Crippen molar-refractivity contribution in [2.24, 2.45) is 0 Å². The molecule has 0 aliphatic carbocycles. The lowest BCUT2D eigenvalue weighted by Gasteiger charge is -2.25. The van der Waals surface area contributed by atoms with Crippen LogP contribution in [0.1, 0.15) is 5.56 Å². The predicted octanol–water partition coefficient (Wildman–Crippen LogP) is 1.91. The highest BCUT2D eigenvalue weighted by atomic mass is 16.5. The highest BCUT2D eigenvalue weighted by Gasteiger charge is 2.16. The van der Waals surface area contributed by atoms with Crippen molar-refractivity contribution in [2.45, 2.75) is 6.54 Å². The SMILES string of the molecule is COc1ccc(CNC(=O)CN(CC(=O)N(C)C)c2ccccc2)cc1. The number of ether oxygens (including phenoxy) is 1. The van der Waals surface area contributed by atoms with Crippen molar-refractivity contribution in [3.63, 3.8) is 0 Å². The third-order valence-electron chi connectivity index (χ3n) is 3.93. The largest absolute Gasteiger partial charge is 0.497 e. The molecule has 2 aromatic rings. The Hall–Kier alpha value is -3.02. The lowest BCUT2D eigenvalue weighted by molar-refractivity contribution is -0.127. The molecule has 0 bridgehead atoms. The fourth-order valence-electron chi connectivity index (χ4n) is 2.36. The minimum atomic E-state index is -0.142. The minimum Gasteiger partial charge on any atom is -0.497 e. The van der Waals surface area contributed by atoms with E-state index in [1.54, 1.807) is 26.1 Å². The van der Waals surface area contributed by atoms with Crippen molar-refractivity contribution in [3.05, 3.63) is 60.2 Å². The van der Waals surface area contributed by atoms with E-state index in [0.717, 1.165) is 17.0 Å². The number of amides is 2. The zero-order valence-corrected chi connectivity index (χ0v) is 15.4. The van der Waals surface area contributed by atoms with Gasteiger partial charge in [-0.3, -0.25) is 9.59 Å². The van der Waals surface area contributed by atoms with Gasteiger partial charge in [0.2, 0.25) is 11.8 Å². The molecule has 26 heavy (non-hydrogen) atoms. The lowest BCUT2D eigenvalue weighted by atomic mass is 10.2. The van der Waals surface area contributed by atoms with Crippen LogP contribution in [0.4, 0.5) is 5.69 Å². The number of hydrogen-bond acceptors (Lipinski definition) is 4. The van der Waals surface area contributed by atoms with Gasteiger partial charge in [0.1, 0.15) is 5.75 Å². The quantitative estimate of drug-likeness (QED) is 0.786. The van der Waals surface area contributed by atoms with Gasteiger partial charge in [-0.2, -0.15) is 0 Å². The van der Waals surface area contributed by atoms with Crippen LogP contribution in [0.5, 0.6) is 5.75 Å². The third-order valence-corrected chi connectivity index (χ3v) is 3.93. The zero-order chi connectivity index (χ0) is 18.9. The number of anilines is 1. The number of likely N-dealkylation sites (N-methyl/N-ethyl adjacent to an activating group) is 1. The summed E-state index contributed by atoms with van der Waals surface area (Å²) in [6, 6.07) is 17.0. The standard InChI is InChI=1S/C20H25N3O3/c1-22(2)20(25)15-23(17-7-5-4-6-8-17)14-19(24)21-13-16-9-11-18(26-3)12-10-16/h4-12H,13-15H2,1-3H3,(H,21,24). The molecular formula is C20H25N3O3. The van der Waals surface area contributed by atoms with Crippen LogP contribution in [0.3, 0.4) is 0 Å². The second-order valence-corrected chi connectivity index (χ2v) is 6.10. The molecule has 6 nitrogen and oxygen atoms in total. The van der Waals surface area contributed by atoms with Crippen LogP contribution in [-0.4, -0.2) is 51.0 Å². The molecule has 0 saturated heterocycles. The van der Waals surface area contributed by atoms with Crippen LogP contribution in [0.25, 0.3) is 0 Å². The summed E-state index contributed by atoms with van der Waals surface area (Å²) in [6.45, 7) is 0.680. The molecule has 0 spiro atoms. The maximum absolute atomic E-state index is 12.4. The predicted molar refractivity (Wildman–Crippen MR) is 102 cm³/mol. The number of methoxy groups -OCH3 is 1. The van der Waals surface area contributed by atoms with E-state index in [9.17, 15) is 9.59 Å². The summed E-state index contributed by atoms with van der Waals surface area (Å²) in [5.41, 5.74) is 1.82. The van der Waals surface area contributed by atoms with Crippen LogP contribution >= 0.6 is 0 Å². The topological polar surface area (TPSA) is 61.9 Å².